The largest absolute Gasteiger partial charge is 0.492 e. The van der Waals surface area contributed by atoms with Gasteiger partial charge < -0.3 is 10.5 Å². The van der Waals surface area contributed by atoms with Crippen LogP contribution in [0.3, 0.4) is 0 Å². The molecule has 114 valence electrons. The molecule has 2 aromatic rings. The third kappa shape index (κ3) is 5.37. The topological polar surface area (TPSA) is 81.4 Å². The lowest BCUT2D eigenvalue weighted by atomic mass is 10.3. The van der Waals surface area contributed by atoms with Crippen LogP contribution < -0.4 is 15.2 Å². The van der Waals surface area contributed by atoms with Gasteiger partial charge in [0.2, 0.25) is 10.0 Å². The van der Waals surface area contributed by atoms with Gasteiger partial charge in [-0.15, -0.1) is 11.3 Å². The quantitative estimate of drug-likeness (QED) is 0.764. The van der Waals surface area contributed by atoms with E-state index in [2.05, 4.69) is 4.72 Å². The molecule has 0 saturated heterocycles. The smallest absolute Gasteiger partial charge is 0.215 e. The van der Waals surface area contributed by atoms with Crippen molar-refractivity contribution < 1.29 is 13.2 Å². The van der Waals surface area contributed by atoms with Gasteiger partial charge in [0.1, 0.15) is 12.4 Å². The Bertz CT molecular complexity index is 678. The molecule has 0 atom stereocenters. The van der Waals surface area contributed by atoms with Gasteiger partial charge in [-0.1, -0.05) is 0 Å². The second-order valence-electron chi connectivity index (χ2n) is 4.57. The summed E-state index contributed by atoms with van der Waals surface area (Å²) in [7, 11) is -3.34. The number of aryl methyl sites for hydroxylation is 1. The molecule has 5 nitrogen and oxygen atoms in total. The first kappa shape index (κ1) is 15.8. The van der Waals surface area contributed by atoms with Crippen LogP contribution in [-0.4, -0.2) is 20.8 Å². The van der Waals surface area contributed by atoms with Crippen molar-refractivity contribution in [2.45, 2.75) is 13.5 Å². The van der Waals surface area contributed by atoms with Crippen molar-refractivity contribution in [3.05, 3.63) is 46.2 Å². The van der Waals surface area contributed by atoms with E-state index in [4.69, 9.17) is 10.5 Å². The molecule has 0 fully saturated rings. The Balaban J connectivity index is 1.77. The van der Waals surface area contributed by atoms with Gasteiger partial charge in [0.05, 0.1) is 5.75 Å². The van der Waals surface area contributed by atoms with Crippen LogP contribution >= 0.6 is 11.3 Å². The molecular weight excluding hydrogens is 308 g/mol. The van der Waals surface area contributed by atoms with Crippen LogP contribution in [0.2, 0.25) is 0 Å². The first-order chi connectivity index (χ1) is 9.94. The number of nitrogens with two attached hydrogens (primary N) is 1. The lowest BCUT2D eigenvalue weighted by Gasteiger charge is -2.08. The summed E-state index contributed by atoms with van der Waals surface area (Å²) in [5, 5.41) is 0. The maximum atomic E-state index is 11.8. The fourth-order valence-electron chi connectivity index (χ4n) is 1.67. The molecule has 0 aliphatic heterocycles. The molecule has 2 rings (SSSR count). The number of nitrogens with one attached hydrogen (secondary N) is 1. The molecule has 1 aromatic carbocycles. The van der Waals surface area contributed by atoms with Crippen LogP contribution in [0.25, 0.3) is 0 Å². The van der Waals surface area contributed by atoms with E-state index in [1.807, 2.05) is 19.1 Å². The summed E-state index contributed by atoms with van der Waals surface area (Å²) in [6.45, 7) is 2.41. The third-order valence-electron chi connectivity index (χ3n) is 2.76. The fraction of sp³-hybridized carbons (Fsp3) is 0.286. The predicted octanol–water partition coefficient (Wildman–Crippen LogP) is 2.14. The number of hydrogen-bond donors (Lipinski definition) is 2. The van der Waals surface area contributed by atoms with Gasteiger partial charge in [-0.3, -0.25) is 0 Å². The molecule has 0 saturated carbocycles. The van der Waals surface area contributed by atoms with E-state index in [1.54, 1.807) is 35.6 Å². The minimum absolute atomic E-state index is 0.0816. The van der Waals surface area contributed by atoms with E-state index in [0.29, 0.717) is 18.0 Å². The normalized spacial score (nSPS) is 11.5. The molecule has 1 aromatic heterocycles. The number of hydrogen-bond acceptors (Lipinski definition) is 5. The van der Waals surface area contributed by atoms with Crippen LogP contribution in [0.4, 0.5) is 5.69 Å². The van der Waals surface area contributed by atoms with E-state index < -0.39 is 10.0 Å². The van der Waals surface area contributed by atoms with Crippen molar-refractivity contribution in [2.75, 3.05) is 18.1 Å². The van der Waals surface area contributed by atoms with Crippen molar-refractivity contribution in [3.8, 4) is 5.75 Å². The molecule has 0 radical (unpaired) electrons. The summed E-state index contributed by atoms with van der Waals surface area (Å²) in [6.07, 6.45) is 0. The number of ether oxygens (including phenoxy) is 1. The van der Waals surface area contributed by atoms with Crippen molar-refractivity contribution in [3.63, 3.8) is 0 Å². The highest BCUT2D eigenvalue weighted by Gasteiger charge is 2.11. The Morgan fingerprint density at radius 3 is 2.52 bits per heavy atom. The van der Waals surface area contributed by atoms with Crippen LogP contribution in [0.1, 0.15) is 9.75 Å². The van der Waals surface area contributed by atoms with Gasteiger partial charge in [0.25, 0.3) is 0 Å². The van der Waals surface area contributed by atoms with E-state index in [9.17, 15) is 8.42 Å². The van der Waals surface area contributed by atoms with Gasteiger partial charge in [-0.2, -0.15) is 0 Å². The Kier molecular flexibility index (Phi) is 5.22. The van der Waals surface area contributed by atoms with Crippen LogP contribution in [-0.2, 0) is 16.6 Å². The van der Waals surface area contributed by atoms with Crippen molar-refractivity contribution in [1.29, 1.82) is 0 Å². The average Bonchev–Trinajstić information content (AvgIpc) is 2.85. The Labute approximate surface area is 128 Å². The summed E-state index contributed by atoms with van der Waals surface area (Å²) in [4.78, 5) is 2.16. The van der Waals surface area contributed by atoms with Gasteiger partial charge in [-0.05, 0) is 43.3 Å². The Morgan fingerprint density at radius 1 is 1.19 bits per heavy atom. The van der Waals surface area contributed by atoms with E-state index in [-0.39, 0.29) is 12.4 Å². The first-order valence-corrected chi connectivity index (χ1v) is 8.92. The van der Waals surface area contributed by atoms with E-state index in [1.165, 1.54) is 0 Å². The minimum Gasteiger partial charge on any atom is -0.492 e. The molecular formula is C14H18N2O3S2. The molecule has 7 heteroatoms. The summed E-state index contributed by atoms with van der Waals surface area (Å²) in [5.74, 6) is 0.523. The number of nitrogen functional groups attached to an aromatic ring is 1. The summed E-state index contributed by atoms with van der Waals surface area (Å²) in [5.41, 5.74) is 6.20. The second-order valence-corrected chi connectivity index (χ2v) is 7.87. The Hall–Kier alpha value is -1.57. The molecule has 0 bridgehead atoms. The lowest BCUT2D eigenvalue weighted by molar-refractivity contribution is 0.340. The molecule has 0 aliphatic carbocycles. The molecule has 3 N–H and O–H groups in total. The highest BCUT2D eigenvalue weighted by Crippen LogP contribution is 2.15. The summed E-state index contributed by atoms with van der Waals surface area (Å²) in [6, 6.07) is 10.7. The maximum absolute atomic E-state index is 11.8. The minimum atomic E-state index is -3.34. The van der Waals surface area contributed by atoms with Crippen LogP contribution in [0.5, 0.6) is 5.75 Å². The number of benzene rings is 1. The highest BCUT2D eigenvalue weighted by molar-refractivity contribution is 7.89. The lowest BCUT2D eigenvalue weighted by Crippen LogP contribution is -2.28. The number of sulfonamides is 1. The molecule has 0 spiro atoms. The van der Waals surface area contributed by atoms with Gasteiger partial charge in [0, 0.05) is 22.0 Å². The monoisotopic (exact) mass is 326 g/mol. The zero-order valence-corrected chi connectivity index (χ0v) is 13.3. The zero-order valence-electron chi connectivity index (χ0n) is 11.7. The summed E-state index contributed by atoms with van der Waals surface area (Å²) >= 11 is 1.58. The Morgan fingerprint density at radius 2 is 1.90 bits per heavy atom. The number of rotatable bonds is 7. The summed E-state index contributed by atoms with van der Waals surface area (Å²) < 4.78 is 31.6. The molecule has 0 amide bonds. The third-order valence-corrected chi connectivity index (χ3v) is 5.05. The van der Waals surface area contributed by atoms with Gasteiger partial charge in [0.15, 0.2) is 0 Å². The zero-order chi connectivity index (χ0) is 15.3. The molecule has 1 heterocycles. The SMILES string of the molecule is Cc1ccc(CNS(=O)(=O)CCOc2ccc(N)cc2)s1. The highest BCUT2D eigenvalue weighted by atomic mass is 32.2. The maximum Gasteiger partial charge on any atom is 0.215 e. The van der Waals surface area contributed by atoms with Gasteiger partial charge in [-0.25, -0.2) is 13.1 Å². The molecule has 21 heavy (non-hydrogen) atoms. The number of anilines is 1. The standard InChI is InChI=1S/C14H18N2O3S2/c1-11-2-7-14(20-11)10-16-21(17,18)9-8-19-13-5-3-12(15)4-6-13/h2-7,16H,8-10,15H2,1H3. The first-order valence-electron chi connectivity index (χ1n) is 6.46. The van der Waals surface area contributed by atoms with Crippen LogP contribution in [0.15, 0.2) is 36.4 Å². The van der Waals surface area contributed by atoms with Crippen LogP contribution in [0, 0.1) is 6.92 Å². The van der Waals surface area contributed by atoms with Crippen molar-refractivity contribution in [1.82, 2.24) is 4.72 Å². The van der Waals surface area contributed by atoms with Crippen molar-refractivity contribution in [2.24, 2.45) is 0 Å². The van der Waals surface area contributed by atoms with E-state index >= 15 is 0 Å². The van der Waals surface area contributed by atoms with Gasteiger partial charge >= 0.3 is 0 Å². The second kappa shape index (κ2) is 6.93. The predicted molar refractivity (Wildman–Crippen MR) is 86.0 cm³/mol. The molecule has 0 unspecified atom stereocenters. The average molecular weight is 326 g/mol. The fourth-order valence-corrected chi connectivity index (χ4v) is 3.41. The number of thiophene rings is 1. The van der Waals surface area contributed by atoms with E-state index in [0.717, 1.165) is 9.75 Å². The molecule has 0 aliphatic rings. The van der Waals surface area contributed by atoms with Crippen molar-refractivity contribution >= 4 is 27.0 Å².